The molecule has 0 unspecified atom stereocenters. The number of pyridine rings is 1. The second-order valence-electron chi connectivity index (χ2n) is 6.35. The lowest BCUT2D eigenvalue weighted by atomic mass is 10.2. The maximum Gasteiger partial charge on any atom is 0.217 e. The lowest BCUT2D eigenvalue weighted by molar-refractivity contribution is 0.112. The number of carbonyl (C=O) groups excluding carboxylic acids is 1. The van der Waals surface area contributed by atoms with E-state index in [1.807, 2.05) is 24.3 Å². The summed E-state index contributed by atoms with van der Waals surface area (Å²) >= 11 is 0. The number of aldehydes is 1. The molecule has 2 heterocycles. The molecule has 0 bridgehead atoms. The molecule has 8 nitrogen and oxygen atoms in total. The number of aryl methyl sites for hydroxylation is 1. The Bertz CT molecular complexity index is 993. The molecule has 0 atom stereocenters. The van der Waals surface area contributed by atoms with Gasteiger partial charge in [0.1, 0.15) is 24.7 Å². The van der Waals surface area contributed by atoms with Crippen LogP contribution in [0.3, 0.4) is 0 Å². The fraction of sp³-hybridized carbons (Fsp3) is 0.273. The van der Waals surface area contributed by atoms with Gasteiger partial charge >= 0.3 is 0 Å². The van der Waals surface area contributed by atoms with E-state index in [2.05, 4.69) is 15.0 Å². The summed E-state index contributed by atoms with van der Waals surface area (Å²) < 4.78 is 21.9. The Balaban J connectivity index is 1.82. The van der Waals surface area contributed by atoms with Crippen molar-refractivity contribution in [3.8, 4) is 28.8 Å². The maximum absolute atomic E-state index is 11.0. The van der Waals surface area contributed by atoms with Gasteiger partial charge in [0.05, 0.1) is 30.5 Å². The highest BCUT2D eigenvalue weighted by molar-refractivity contribution is 5.76. The van der Waals surface area contributed by atoms with Crippen LogP contribution in [0.15, 0.2) is 42.7 Å². The number of rotatable bonds is 10. The zero-order valence-corrected chi connectivity index (χ0v) is 17.1. The van der Waals surface area contributed by atoms with Crippen LogP contribution in [-0.4, -0.2) is 48.7 Å². The molecule has 0 aliphatic carbocycles. The van der Waals surface area contributed by atoms with Crippen molar-refractivity contribution in [2.75, 3.05) is 27.4 Å². The topological polar surface area (TPSA) is 92.7 Å². The molecule has 3 aromatic rings. The summed E-state index contributed by atoms with van der Waals surface area (Å²) in [5.74, 6) is 2.12. The van der Waals surface area contributed by atoms with Crippen LogP contribution in [0.5, 0.6) is 17.4 Å². The Hall–Kier alpha value is -3.52. The molecule has 30 heavy (non-hydrogen) atoms. The molecule has 0 radical (unpaired) electrons. The molecule has 0 spiro atoms. The third-order valence-electron chi connectivity index (χ3n) is 4.32. The Morgan fingerprint density at radius 1 is 1.00 bits per heavy atom. The second-order valence-corrected chi connectivity index (χ2v) is 6.35. The lowest BCUT2D eigenvalue weighted by Gasteiger charge is -2.13. The van der Waals surface area contributed by atoms with Gasteiger partial charge in [-0.1, -0.05) is 12.1 Å². The number of hydrogen-bond acceptors (Lipinski definition) is 8. The average molecular weight is 409 g/mol. The summed E-state index contributed by atoms with van der Waals surface area (Å²) in [5, 5.41) is 0. The van der Waals surface area contributed by atoms with Crippen LogP contribution in [0.25, 0.3) is 11.4 Å². The number of hydrogen-bond donors (Lipinski definition) is 0. The Kier molecular flexibility index (Phi) is 7.29. The largest absolute Gasteiger partial charge is 0.497 e. The Morgan fingerprint density at radius 3 is 2.47 bits per heavy atom. The van der Waals surface area contributed by atoms with Crippen molar-refractivity contribution in [1.82, 2.24) is 15.0 Å². The number of methoxy groups -OCH3 is 2. The summed E-state index contributed by atoms with van der Waals surface area (Å²) in [6, 6.07) is 9.29. The van der Waals surface area contributed by atoms with Crippen molar-refractivity contribution in [1.29, 1.82) is 0 Å². The fourth-order valence-corrected chi connectivity index (χ4v) is 2.62. The highest BCUT2D eigenvalue weighted by Crippen LogP contribution is 2.30. The van der Waals surface area contributed by atoms with Gasteiger partial charge in [-0.25, -0.2) is 15.0 Å². The van der Waals surface area contributed by atoms with Crippen molar-refractivity contribution in [3.05, 3.63) is 59.5 Å². The third-order valence-corrected chi connectivity index (χ3v) is 4.32. The number of nitrogens with zero attached hydrogens (tertiary/aromatic N) is 3. The highest BCUT2D eigenvalue weighted by Gasteiger charge is 2.14. The van der Waals surface area contributed by atoms with E-state index in [4.69, 9.17) is 18.9 Å². The molecule has 0 saturated carbocycles. The van der Waals surface area contributed by atoms with Gasteiger partial charge in [-0.05, 0) is 24.6 Å². The van der Waals surface area contributed by atoms with E-state index in [-0.39, 0.29) is 0 Å². The lowest BCUT2D eigenvalue weighted by Crippen LogP contribution is -2.07. The molecule has 0 aliphatic rings. The quantitative estimate of drug-likeness (QED) is 0.372. The smallest absolute Gasteiger partial charge is 0.217 e. The van der Waals surface area contributed by atoms with E-state index < -0.39 is 0 Å². The van der Waals surface area contributed by atoms with Crippen LogP contribution >= 0.6 is 0 Å². The Morgan fingerprint density at radius 2 is 1.80 bits per heavy atom. The molecular formula is C22H23N3O5. The van der Waals surface area contributed by atoms with Gasteiger partial charge in [0.15, 0.2) is 12.1 Å². The Labute approximate surface area is 174 Å². The minimum Gasteiger partial charge on any atom is -0.497 e. The standard InChI is InChI=1S/C22H23N3O5/c1-15-17(13-26)11-24-22(25-15)19-12-23-21(10-20(19)29-9-8-27-2)30-14-16-4-6-18(28-3)7-5-16/h4-7,10-13H,8-9,14H2,1-3H3. The summed E-state index contributed by atoms with van der Waals surface area (Å²) in [6.07, 6.45) is 3.81. The molecule has 0 saturated heterocycles. The second kappa shape index (κ2) is 10.3. The van der Waals surface area contributed by atoms with Gasteiger partial charge < -0.3 is 18.9 Å². The number of carbonyl (C=O) groups is 1. The van der Waals surface area contributed by atoms with Crippen LogP contribution in [0, 0.1) is 6.92 Å². The van der Waals surface area contributed by atoms with Gasteiger partial charge in [0, 0.05) is 25.6 Å². The molecule has 8 heteroatoms. The summed E-state index contributed by atoms with van der Waals surface area (Å²) in [5.41, 5.74) is 2.60. The van der Waals surface area contributed by atoms with Crippen LogP contribution in [0.1, 0.15) is 21.6 Å². The van der Waals surface area contributed by atoms with Crippen LogP contribution in [0.2, 0.25) is 0 Å². The first-order valence-electron chi connectivity index (χ1n) is 9.31. The number of benzene rings is 1. The normalized spacial score (nSPS) is 10.5. The van der Waals surface area contributed by atoms with Gasteiger partial charge in [0.25, 0.3) is 0 Å². The van der Waals surface area contributed by atoms with Crippen molar-refractivity contribution < 1.29 is 23.7 Å². The first kappa shape index (κ1) is 21.2. The zero-order valence-electron chi connectivity index (χ0n) is 17.1. The van der Waals surface area contributed by atoms with E-state index in [0.717, 1.165) is 17.6 Å². The number of aromatic nitrogens is 3. The first-order valence-corrected chi connectivity index (χ1v) is 9.31. The molecule has 0 amide bonds. The molecule has 1 aromatic carbocycles. The summed E-state index contributed by atoms with van der Waals surface area (Å²) in [7, 11) is 3.23. The maximum atomic E-state index is 11.0. The van der Waals surface area contributed by atoms with Crippen molar-refractivity contribution in [2.45, 2.75) is 13.5 Å². The predicted molar refractivity (Wildman–Crippen MR) is 110 cm³/mol. The van der Waals surface area contributed by atoms with Crippen LogP contribution in [0.4, 0.5) is 0 Å². The average Bonchev–Trinajstić information content (AvgIpc) is 2.78. The fourth-order valence-electron chi connectivity index (χ4n) is 2.62. The molecule has 0 N–H and O–H groups in total. The summed E-state index contributed by atoms with van der Waals surface area (Å²) in [6.45, 7) is 2.86. The van der Waals surface area contributed by atoms with E-state index in [1.165, 1.54) is 6.20 Å². The molecular weight excluding hydrogens is 386 g/mol. The zero-order chi connectivity index (χ0) is 21.3. The van der Waals surface area contributed by atoms with Gasteiger partial charge in [-0.2, -0.15) is 0 Å². The van der Waals surface area contributed by atoms with Crippen molar-refractivity contribution >= 4 is 6.29 Å². The molecule has 0 aliphatic heterocycles. The highest BCUT2D eigenvalue weighted by atomic mass is 16.5. The molecule has 3 rings (SSSR count). The third kappa shape index (κ3) is 5.30. The van der Waals surface area contributed by atoms with E-state index in [0.29, 0.717) is 54.1 Å². The minimum absolute atomic E-state index is 0.344. The first-order chi connectivity index (χ1) is 14.6. The van der Waals surface area contributed by atoms with Crippen LogP contribution in [-0.2, 0) is 11.3 Å². The van der Waals surface area contributed by atoms with E-state index >= 15 is 0 Å². The van der Waals surface area contributed by atoms with Crippen molar-refractivity contribution in [2.24, 2.45) is 0 Å². The van der Waals surface area contributed by atoms with E-state index in [9.17, 15) is 4.79 Å². The SMILES string of the molecule is COCCOc1cc(OCc2ccc(OC)cc2)ncc1-c1ncc(C=O)c(C)n1. The molecule has 2 aromatic heterocycles. The monoisotopic (exact) mass is 409 g/mol. The van der Waals surface area contributed by atoms with Gasteiger partial charge in [-0.3, -0.25) is 4.79 Å². The predicted octanol–water partition coefficient (Wildman–Crippen LogP) is 3.27. The molecule has 0 fully saturated rings. The van der Waals surface area contributed by atoms with Crippen LogP contribution < -0.4 is 14.2 Å². The molecule has 156 valence electrons. The summed E-state index contributed by atoms with van der Waals surface area (Å²) in [4.78, 5) is 24.0. The minimum atomic E-state index is 0.344. The van der Waals surface area contributed by atoms with E-state index in [1.54, 1.807) is 33.4 Å². The van der Waals surface area contributed by atoms with Gasteiger partial charge in [0.2, 0.25) is 5.88 Å². The number of ether oxygens (including phenoxy) is 4. The van der Waals surface area contributed by atoms with Gasteiger partial charge in [-0.15, -0.1) is 0 Å². The van der Waals surface area contributed by atoms with Crippen molar-refractivity contribution in [3.63, 3.8) is 0 Å².